The molecule has 0 heterocycles. The Kier molecular flexibility index (Phi) is 4.91. The fourth-order valence-electron chi connectivity index (χ4n) is 1.23. The van der Waals surface area contributed by atoms with Crippen LogP contribution in [-0.2, 0) is 10.1 Å². The number of aliphatic hydroxyl groups excluding tert-OH is 2. The summed E-state index contributed by atoms with van der Waals surface area (Å²) in [6.45, 7) is 1.11. The summed E-state index contributed by atoms with van der Waals surface area (Å²) in [6, 6.07) is 3.58. The van der Waals surface area contributed by atoms with Crippen LogP contribution >= 0.6 is 0 Å². The van der Waals surface area contributed by atoms with E-state index in [0.717, 1.165) is 6.07 Å². The lowest BCUT2D eigenvalue weighted by Gasteiger charge is -2.13. The summed E-state index contributed by atoms with van der Waals surface area (Å²) < 4.78 is 41.1. The molecule has 1 aromatic carbocycles. The van der Waals surface area contributed by atoms with E-state index in [-0.39, 0.29) is 24.7 Å². The highest BCUT2D eigenvalue weighted by molar-refractivity contribution is 7.86. The van der Waals surface area contributed by atoms with Crippen LogP contribution in [0.2, 0.25) is 0 Å². The molecule has 8 heteroatoms. The van der Waals surface area contributed by atoms with E-state index < -0.39 is 21.3 Å². The molecule has 0 aliphatic carbocycles. The van der Waals surface area contributed by atoms with Gasteiger partial charge in [-0.3, -0.25) is 4.55 Å². The van der Waals surface area contributed by atoms with Crippen LogP contribution < -0.4 is 9.47 Å². The first-order chi connectivity index (χ1) is 8.34. The molecule has 0 aliphatic heterocycles. The van der Waals surface area contributed by atoms with Crippen LogP contribution in [-0.4, -0.2) is 42.7 Å². The SMILES string of the molecule is CC(O)Oc1cc(OCCO)ccc1S(=O)(=O)O. The lowest BCUT2D eigenvalue weighted by molar-refractivity contribution is -0.00270. The summed E-state index contributed by atoms with van der Waals surface area (Å²) >= 11 is 0. The van der Waals surface area contributed by atoms with Gasteiger partial charge in [0, 0.05) is 6.07 Å². The molecule has 0 aliphatic rings. The molecule has 0 radical (unpaired) electrons. The Morgan fingerprint density at radius 2 is 2.06 bits per heavy atom. The second-order valence-corrected chi connectivity index (χ2v) is 4.76. The molecule has 18 heavy (non-hydrogen) atoms. The second-order valence-electron chi connectivity index (χ2n) is 3.37. The summed E-state index contributed by atoms with van der Waals surface area (Å²) in [5, 5.41) is 17.7. The average Bonchev–Trinajstić information content (AvgIpc) is 2.24. The van der Waals surface area contributed by atoms with Crippen molar-refractivity contribution >= 4 is 10.1 Å². The molecular formula is C10H14O7S. The maximum Gasteiger partial charge on any atom is 0.298 e. The van der Waals surface area contributed by atoms with E-state index in [2.05, 4.69) is 0 Å². The number of hydrogen-bond donors (Lipinski definition) is 3. The Labute approximate surface area is 104 Å². The Hall–Kier alpha value is -1.35. The van der Waals surface area contributed by atoms with Crippen molar-refractivity contribution in [3.05, 3.63) is 18.2 Å². The van der Waals surface area contributed by atoms with Crippen molar-refractivity contribution in [2.24, 2.45) is 0 Å². The molecule has 1 atom stereocenters. The third-order valence-electron chi connectivity index (χ3n) is 1.85. The number of benzene rings is 1. The van der Waals surface area contributed by atoms with Crippen LogP contribution in [0.3, 0.4) is 0 Å². The molecule has 0 aromatic heterocycles. The van der Waals surface area contributed by atoms with Crippen molar-refractivity contribution in [2.45, 2.75) is 18.1 Å². The first-order valence-electron chi connectivity index (χ1n) is 5.04. The number of rotatable bonds is 6. The second kappa shape index (κ2) is 6.01. The van der Waals surface area contributed by atoms with Crippen molar-refractivity contribution in [1.29, 1.82) is 0 Å². The quantitative estimate of drug-likeness (QED) is 0.496. The third-order valence-corrected chi connectivity index (χ3v) is 2.74. The molecule has 0 fully saturated rings. The zero-order chi connectivity index (χ0) is 13.8. The van der Waals surface area contributed by atoms with Gasteiger partial charge < -0.3 is 19.7 Å². The summed E-state index contributed by atoms with van der Waals surface area (Å²) in [6.07, 6.45) is -1.25. The van der Waals surface area contributed by atoms with Gasteiger partial charge in [0.1, 0.15) is 23.0 Å². The molecule has 1 rings (SSSR count). The van der Waals surface area contributed by atoms with Crippen LogP contribution in [0.1, 0.15) is 6.92 Å². The third kappa shape index (κ3) is 4.15. The average molecular weight is 278 g/mol. The van der Waals surface area contributed by atoms with E-state index in [1.54, 1.807) is 0 Å². The van der Waals surface area contributed by atoms with Crippen LogP contribution in [0, 0.1) is 0 Å². The Bertz CT molecular complexity index is 495. The topological polar surface area (TPSA) is 113 Å². The Morgan fingerprint density at radius 3 is 2.56 bits per heavy atom. The van der Waals surface area contributed by atoms with Gasteiger partial charge in [-0.25, -0.2) is 0 Å². The fraction of sp³-hybridized carbons (Fsp3) is 0.400. The minimum Gasteiger partial charge on any atom is -0.491 e. The predicted molar refractivity (Wildman–Crippen MR) is 61.1 cm³/mol. The maximum absolute atomic E-state index is 11.1. The van der Waals surface area contributed by atoms with Gasteiger partial charge in [-0.2, -0.15) is 8.42 Å². The maximum atomic E-state index is 11.1. The zero-order valence-electron chi connectivity index (χ0n) is 9.61. The highest BCUT2D eigenvalue weighted by Gasteiger charge is 2.18. The summed E-state index contributed by atoms with van der Waals surface area (Å²) in [5.41, 5.74) is 0. The van der Waals surface area contributed by atoms with Gasteiger partial charge in [-0.1, -0.05) is 0 Å². The van der Waals surface area contributed by atoms with Crippen molar-refractivity contribution in [3.8, 4) is 11.5 Å². The first-order valence-corrected chi connectivity index (χ1v) is 6.48. The summed E-state index contributed by atoms with van der Waals surface area (Å²) in [7, 11) is -4.46. The molecule has 0 spiro atoms. The summed E-state index contributed by atoms with van der Waals surface area (Å²) in [4.78, 5) is -0.472. The molecule has 0 amide bonds. The van der Waals surface area contributed by atoms with Crippen molar-refractivity contribution in [1.82, 2.24) is 0 Å². The molecule has 7 nitrogen and oxygen atoms in total. The van der Waals surface area contributed by atoms with Crippen LogP contribution in [0.5, 0.6) is 11.5 Å². The normalized spacial score (nSPS) is 13.1. The van der Waals surface area contributed by atoms with E-state index >= 15 is 0 Å². The molecule has 1 aromatic rings. The monoisotopic (exact) mass is 278 g/mol. The molecule has 0 saturated heterocycles. The lowest BCUT2D eigenvalue weighted by atomic mass is 10.3. The molecular weight excluding hydrogens is 264 g/mol. The highest BCUT2D eigenvalue weighted by Crippen LogP contribution is 2.29. The minimum atomic E-state index is -4.46. The first kappa shape index (κ1) is 14.7. The van der Waals surface area contributed by atoms with Gasteiger partial charge in [0.2, 0.25) is 0 Å². The van der Waals surface area contributed by atoms with Crippen molar-refractivity contribution in [2.75, 3.05) is 13.2 Å². The molecule has 0 saturated carbocycles. The van der Waals surface area contributed by atoms with E-state index in [9.17, 15) is 8.42 Å². The van der Waals surface area contributed by atoms with Gasteiger partial charge in [0.15, 0.2) is 6.29 Å². The smallest absolute Gasteiger partial charge is 0.298 e. The zero-order valence-corrected chi connectivity index (χ0v) is 10.4. The van der Waals surface area contributed by atoms with Gasteiger partial charge in [0.25, 0.3) is 10.1 Å². The minimum absolute atomic E-state index is 0.0271. The number of ether oxygens (including phenoxy) is 2. The van der Waals surface area contributed by atoms with E-state index in [1.807, 2.05) is 0 Å². The van der Waals surface area contributed by atoms with Gasteiger partial charge >= 0.3 is 0 Å². The molecule has 3 N–H and O–H groups in total. The summed E-state index contributed by atoms with van der Waals surface area (Å²) in [5.74, 6) is 0.00930. The highest BCUT2D eigenvalue weighted by atomic mass is 32.2. The van der Waals surface area contributed by atoms with Crippen molar-refractivity contribution < 1.29 is 32.7 Å². The van der Waals surface area contributed by atoms with Crippen LogP contribution in [0.25, 0.3) is 0 Å². The Morgan fingerprint density at radius 1 is 1.39 bits per heavy atom. The molecule has 102 valence electrons. The fourth-order valence-corrected chi connectivity index (χ4v) is 1.83. The number of aliphatic hydroxyl groups is 2. The van der Waals surface area contributed by atoms with Crippen molar-refractivity contribution in [3.63, 3.8) is 0 Å². The van der Waals surface area contributed by atoms with E-state index in [4.69, 9.17) is 24.2 Å². The van der Waals surface area contributed by atoms with E-state index in [0.29, 0.717) is 0 Å². The van der Waals surface area contributed by atoms with Crippen LogP contribution in [0.15, 0.2) is 23.1 Å². The van der Waals surface area contributed by atoms with Gasteiger partial charge in [-0.05, 0) is 19.1 Å². The van der Waals surface area contributed by atoms with Crippen LogP contribution in [0.4, 0.5) is 0 Å². The molecule has 0 bridgehead atoms. The van der Waals surface area contributed by atoms with Gasteiger partial charge in [0.05, 0.1) is 6.61 Å². The van der Waals surface area contributed by atoms with Gasteiger partial charge in [-0.15, -0.1) is 0 Å². The Balaban J connectivity index is 3.12. The van der Waals surface area contributed by atoms with E-state index in [1.165, 1.54) is 19.1 Å². The predicted octanol–water partition coefficient (Wildman–Crippen LogP) is 0.0215. The largest absolute Gasteiger partial charge is 0.491 e. The lowest BCUT2D eigenvalue weighted by Crippen LogP contribution is -2.13. The number of hydrogen-bond acceptors (Lipinski definition) is 6. The molecule has 1 unspecified atom stereocenters. The standard InChI is InChI=1S/C10H14O7S/c1-7(12)17-9-6-8(16-5-4-11)2-3-10(9)18(13,14)15/h2-3,6-7,11-12H,4-5H2,1H3,(H,13,14,15).